The van der Waals surface area contributed by atoms with Gasteiger partial charge in [-0.05, 0) is 42.2 Å². The van der Waals surface area contributed by atoms with Gasteiger partial charge in [0.25, 0.3) is 0 Å². The Morgan fingerprint density at radius 1 is 1.10 bits per heavy atom. The largest absolute Gasteiger partial charge is 0.494 e. The van der Waals surface area contributed by atoms with Gasteiger partial charge < -0.3 is 14.0 Å². The third-order valence-corrected chi connectivity index (χ3v) is 5.46. The second-order valence-electron chi connectivity index (χ2n) is 7.09. The summed E-state index contributed by atoms with van der Waals surface area (Å²) in [5, 5.41) is 9.51. The highest BCUT2D eigenvalue weighted by Crippen LogP contribution is 2.26. The van der Waals surface area contributed by atoms with E-state index in [1.54, 1.807) is 17.8 Å². The summed E-state index contributed by atoms with van der Waals surface area (Å²) in [5.41, 5.74) is 0.869. The molecule has 3 aromatic rings. The molecule has 0 saturated carbocycles. The highest BCUT2D eigenvalue weighted by Gasteiger charge is 2.14. The smallest absolute Gasteiger partial charge is 0.191 e. The number of ether oxygens (including phenoxy) is 2. The third-order valence-electron chi connectivity index (χ3n) is 4.42. The zero-order valence-electron chi connectivity index (χ0n) is 17.0. The molecular formula is C22H26FN3O2S. The van der Waals surface area contributed by atoms with Crippen LogP contribution in [0.25, 0.3) is 0 Å². The van der Waals surface area contributed by atoms with Crippen molar-refractivity contribution in [2.24, 2.45) is 5.92 Å². The van der Waals surface area contributed by atoms with E-state index >= 15 is 0 Å². The van der Waals surface area contributed by atoms with Gasteiger partial charge in [0, 0.05) is 12.3 Å². The summed E-state index contributed by atoms with van der Waals surface area (Å²) in [7, 11) is 1.46. The fourth-order valence-corrected chi connectivity index (χ4v) is 3.68. The number of hydrogen-bond acceptors (Lipinski definition) is 5. The summed E-state index contributed by atoms with van der Waals surface area (Å²) in [6, 6.07) is 14.7. The third kappa shape index (κ3) is 5.97. The van der Waals surface area contributed by atoms with Gasteiger partial charge in [-0.15, -0.1) is 10.2 Å². The zero-order chi connectivity index (χ0) is 20.6. The number of methoxy groups -OCH3 is 1. The van der Waals surface area contributed by atoms with Crippen LogP contribution in [0.3, 0.4) is 0 Å². The van der Waals surface area contributed by atoms with E-state index in [0.717, 1.165) is 35.3 Å². The van der Waals surface area contributed by atoms with Crippen molar-refractivity contribution in [3.05, 3.63) is 65.7 Å². The first-order chi connectivity index (χ1) is 14.1. The summed E-state index contributed by atoms with van der Waals surface area (Å²) in [5.74, 6) is 2.64. The number of halogens is 1. The predicted molar refractivity (Wildman–Crippen MR) is 113 cm³/mol. The Labute approximate surface area is 175 Å². The first kappa shape index (κ1) is 21.2. The van der Waals surface area contributed by atoms with Crippen LogP contribution in [-0.4, -0.2) is 21.9 Å². The van der Waals surface area contributed by atoms with Crippen LogP contribution >= 0.6 is 11.8 Å². The minimum absolute atomic E-state index is 0.249. The van der Waals surface area contributed by atoms with Crippen molar-refractivity contribution in [2.45, 2.75) is 44.3 Å². The fraction of sp³-hybridized carbons (Fsp3) is 0.364. The molecule has 0 unspecified atom stereocenters. The first-order valence-electron chi connectivity index (χ1n) is 9.62. The second kappa shape index (κ2) is 10.3. The SMILES string of the molecule is COc1ccc(CSc2nnc(COc3ccccc3)n2CCC(C)C)cc1F. The molecule has 1 aromatic heterocycles. The number of aromatic nitrogens is 3. The summed E-state index contributed by atoms with van der Waals surface area (Å²) in [6.45, 7) is 5.55. The van der Waals surface area contributed by atoms with Crippen molar-refractivity contribution in [3.8, 4) is 11.5 Å². The number of hydrogen-bond donors (Lipinski definition) is 0. The lowest BCUT2D eigenvalue weighted by atomic mass is 10.1. The minimum Gasteiger partial charge on any atom is -0.494 e. The van der Waals surface area contributed by atoms with Crippen LogP contribution in [0, 0.1) is 11.7 Å². The van der Waals surface area contributed by atoms with Gasteiger partial charge in [-0.3, -0.25) is 0 Å². The van der Waals surface area contributed by atoms with Gasteiger partial charge in [0.05, 0.1) is 7.11 Å². The molecule has 0 bridgehead atoms. The van der Waals surface area contributed by atoms with Crippen LogP contribution in [0.15, 0.2) is 53.7 Å². The molecule has 1 heterocycles. The predicted octanol–water partition coefficient (Wildman–Crippen LogP) is 5.34. The zero-order valence-corrected chi connectivity index (χ0v) is 17.8. The molecule has 29 heavy (non-hydrogen) atoms. The lowest BCUT2D eigenvalue weighted by Crippen LogP contribution is -2.10. The summed E-state index contributed by atoms with van der Waals surface area (Å²) < 4.78 is 26.9. The molecular weight excluding hydrogens is 389 g/mol. The standard InChI is InChI=1S/C22H26FN3O2S/c1-16(2)11-12-26-21(14-28-18-7-5-4-6-8-18)24-25-22(26)29-15-17-9-10-20(27-3)19(23)13-17/h4-10,13,16H,11-12,14-15H2,1-3H3. The van der Waals surface area contributed by atoms with Crippen molar-refractivity contribution in [1.82, 2.24) is 14.8 Å². The maximum absolute atomic E-state index is 13.9. The Hall–Kier alpha value is -2.54. The highest BCUT2D eigenvalue weighted by atomic mass is 32.2. The van der Waals surface area contributed by atoms with E-state index in [1.807, 2.05) is 36.4 Å². The Kier molecular flexibility index (Phi) is 7.52. The summed E-state index contributed by atoms with van der Waals surface area (Å²) in [4.78, 5) is 0. The number of para-hydroxylation sites is 1. The van der Waals surface area contributed by atoms with Gasteiger partial charge in [-0.2, -0.15) is 0 Å². The van der Waals surface area contributed by atoms with Crippen molar-refractivity contribution in [2.75, 3.05) is 7.11 Å². The molecule has 0 spiro atoms. The topological polar surface area (TPSA) is 49.2 Å². The molecule has 3 rings (SSSR count). The minimum atomic E-state index is -0.358. The molecule has 154 valence electrons. The molecule has 0 radical (unpaired) electrons. The molecule has 0 aliphatic heterocycles. The Balaban J connectivity index is 1.71. The van der Waals surface area contributed by atoms with Crippen LogP contribution in [-0.2, 0) is 18.9 Å². The average Bonchev–Trinajstić information content (AvgIpc) is 3.11. The average molecular weight is 416 g/mol. The van der Waals surface area contributed by atoms with Crippen LogP contribution in [0.2, 0.25) is 0 Å². The number of benzene rings is 2. The highest BCUT2D eigenvalue weighted by molar-refractivity contribution is 7.98. The molecule has 0 fully saturated rings. The van der Waals surface area contributed by atoms with Gasteiger partial charge >= 0.3 is 0 Å². The van der Waals surface area contributed by atoms with Gasteiger partial charge in [0.2, 0.25) is 0 Å². The number of rotatable bonds is 10. The van der Waals surface area contributed by atoms with Crippen molar-refractivity contribution < 1.29 is 13.9 Å². The number of nitrogens with zero attached hydrogens (tertiary/aromatic N) is 3. The molecule has 2 aromatic carbocycles. The monoisotopic (exact) mass is 415 g/mol. The molecule has 0 aliphatic carbocycles. The molecule has 0 aliphatic rings. The molecule has 7 heteroatoms. The van der Waals surface area contributed by atoms with Crippen LogP contribution in [0.4, 0.5) is 4.39 Å². The van der Waals surface area contributed by atoms with E-state index in [9.17, 15) is 4.39 Å². The lowest BCUT2D eigenvalue weighted by Gasteiger charge is -2.12. The first-order valence-corrected chi connectivity index (χ1v) is 10.6. The van der Waals surface area contributed by atoms with E-state index < -0.39 is 0 Å². The summed E-state index contributed by atoms with van der Waals surface area (Å²) in [6.07, 6.45) is 1.01. The van der Waals surface area contributed by atoms with Crippen molar-refractivity contribution in [3.63, 3.8) is 0 Å². The van der Waals surface area contributed by atoms with Gasteiger partial charge in [0.15, 0.2) is 22.5 Å². The van der Waals surface area contributed by atoms with E-state index in [2.05, 4.69) is 28.6 Å². The molecule has 0 amide bonds. The second-order valence-corrected chi connectivity index (χ2v) is 8.03. The maximum atomic E-state index is 13.9. The Bertz CT molecular complexity index is 916. The molecule has 0 N–H and O–H groups in total. The van der Waals surface area contributed by atoms with Crippen molar-refractivity contribution >= 4 is 11.8 Å². The normalized spacial score (nSPS) is 11.1. The molecule has 0 saturated heterocycles. The van der Waals surface area contributed by atoms with Crippen LogP contribution in [0.1, 0.15) is 31.7 Å². The number of thioether (sulfide) groups is 1. The van der Waals surface area contributed by atoms with E-state index in [0.29, 0.717) is 18.3 Å². The van der Waals surface area contributed by atoms with Gasteiger partial charge in [-0.1, -0.05) is 49.9 Å². The van der Waals surface area contributed by atoms with Gasteiger partial charge in [-0.25, -0.2) is 4.39 Å². The van der Waals surface area contributed by atoms with Crippen LogP contribution < -0.4 is 9.47 Å². The lowest BCUT2D eigenvalue weighted by molar-refractivity contribution is 0.285. The van der Waals surface area contributed by atoms with Crippen LogP contribution in [0.5, 0.6) is 11.5 Å². The van der Waals surface area contributed by atoms with E-state index in [-0.39, 0.29) is 11.6 Å². The Morgan fingerprint density at radius 2 is 1.90 bits per heavy atom. The summed E-state index contributed by atoms with van der Waals surface area (Å²) >= 11 is 1.54. The van der Waals surface area contributed by atoms with E-state index in [4.69, 9.17) is 9.47 Å². The maximum Gasteiger partial charge on any atom is 0.191 e. The fourth-order valence-electron chi connectivity index (χ4n) is 2.76. The quantitative estimate of drug-likeness (QED) is 0.418. The van der Waals surface area contributed by atoms with Gasteiger partial charge in [0.1, 0.15) is 12.4 Å². The molecule has 5 nitrogen and oxygen atoms in total. The van der Waals surface area contributed by atoms with E-state index in [1.165, 1.54) is 13.2 Å². The Morgan fingerprint density at radius 3 is 2.59 bits per heavy atom. The molecule has 0 atom stereocenters. The van der Waals surface area contributed by atoms with Crippen molar-refractivity contribution in [1.29, 1.82) is 0 Å².